The van der Waals surface area contributed by atoms with Crippen molar-refractivity contribution in [3.8, 4) is 0 Å². The minimum atomic E-state index is -0.336. The molecule has 0 aromatic heterocycles. The smallest absolute Gasteiger partial charge is 0.142 e. The van der Waals surface area contributed by atoms with Crippen LogP contribution in [-0.4, -0.2) is 11.7 Å². The predicted octanol–water partition coefficient (Wildman–Crippen LogP) is 2.89. The Morgan fingerprint density at radius 3 is 2.53 bits per heavy atom. The van der Waals surface area contributed by atoms with Gasteiger partial charge in [0.2, 0.25) is 0 Å². The number of hydrogen-bond acceptors (Lipinski definition) is 1. The number of aliphatic hydroxyl groups is 1. The van der Waals surface area contributed by atoms with Gasteiger partial charge in [0.05, 0.1) is 5.02 Å². The molecule has 3 aliphatic carbocycles. The van der Waals surface area contributed by atoms with Crippen LogP contribution in [0.15, 0.2) is 18.2 Å². The number of benzene rings is 1. The number of rotatable bonds is 2. The fraction of sp³-hybridized carbons (Fsp3) is 0.500. The molecule has 0 atom stereocenters. The van der Waals surface area contributed by atoms with Gasteiger partial charge in [-0.25, -0.2) is 4.39 Å². The fourth-order valence-electron chi connectivity index (χ4n) is 3.30. The number of aliphatic hydroxyl groups excluding tert-OH is 1. The van der Waals surface area contributed by atoms with Crippen LogP contribution in [-0.2, 0) is 5.41 Å². The van der Waals surface area contributed by atoms with Crippen molar-refractivity contribution in [2.45, 2.75) is 24.7 Å². The highest BCUT2D eigenvalue weighted by Crippen LogP contribution is 2.73. The molecule has 3 fully saturated rings. The Kier molecular flexibility index (Phi) is 1.76. The quantitative estimate of drug-likeness (QED) is 0.822. The van der Waals surface area contributed by atoms with Crippen molar-refractivity contribution in [1.82, 2.24) is 0 Å². The molecule has 1 N–H and O–H groups in total. The van der Waals surface area contributed by atoms with Gasteiger partial charge in [0.1, 0.15) is 5.82 Å². The van der Waals surface area contributed by atoms with Crippen LogP contribution in [0.1, 0.15) is 24.8 Å². The third kappa shape index (κ3) is 1.12. The molecule has 1 aromatic carbocycles. The maximum atomic E-state index is 13.3. The molecule has 2 bridgehead atoms. The van der Waals surface area contributed by atoms with Crippen LogP contribution < -0.4 is 0 Å². The van der Waals surface area contributed by atoms with Gasteiger partial charge in [-0.05, 0) is 47.8 Å². The summed E-state index contributed by atoms with van der Waals surface area (Å²) in [5, 5.41) is 9.33. The third-order valence-electron chi connectivity index (χ3n) is 4.01. The van der Waals surface area contributed by atoms with Gasteiger partial charge in [-0.15, -0.1) is 0 Å². The first kappa shape index (κ1) is 9.61. The van der Waals surface area contributed by atoms with Crippen LogP contribution in [0.5, 0.6) is 0 Å². The summed E-state index contributed by atoms with van der Waals surface area (Å²) in [6.45, 7) is 0.269. The van der Waals surface area contributed by atoms with E-state index in [-0.39, 0.29) is 28.3 Å². The molecule has 0 heterocycles. The average molecular weight is 227 g/mol. The molecule has 1 aromatic rings. The molecule has 0 radical (unpaired) electrons. The Hall–Kier alpha value is -0.600. The minimum Gasteiger partial charge on any atom is -0.396 e. The van der Waals surface area contributed by atoms with Crippen molar-refractivity contribution in [3.05, 3.63) is 34.6 Å². The average Bonchev–Trinajstić information content (AvgIpc) is 2.07. The Bertz CT molecular complexity index is 410. The van der Waals surface area contributed by atoms with E-state index in [1.807, 2.05) is 6.07 Å². The summed E-state index contributed by atoms with van der Waals surface area (Å²) in [5.74, 6) is -0.336. The van der Waals surface area contributed by atoms with E-state index in [0.717, 1.165) is 24.8 Å². The first-order valence-corrected chi connectivity index (χ1v) is 5.54. The van der Waals surface area contributed by atoms with E-state index in [4.69, 9.17) is 16.7 Å². The fourth-order valence-corrected chi connectivity index (χ4v) is 3.42. The van der Waals surface area contributed by atoms with Crippen LogP contribution in [0.2, 0.25) is 5.02 Å². The van der Waals surface area contributed by atoms with E-state index in [9.17, 15) is 4.39 Å². The molecule has 0 saturated heterocycles. The van der Waals surface area contributed by atoms with E-state index in [1.165, 1.54) is 0 Å². The molecule has 0 unspecified atom stereocenters. The monoisotopic (exact) mass is 226 g/mol. The summed E-state index contributed by atoms with van der Waals surface area (Å²) in [6.07, 6.45) is 2.99. The first-order chi connectivity index (χ1) is 7.09. The molecular formula is C12H12ClFO. The Morgan fingerprint density at radius 2 is 2.00 bits per heavy atom. The van der Waals surface area contributed by atoms with Crippen LogP contribution in [0.3, 0.4) is 0 Å². The van der Waals surface area contributed by atoms with Crippen LogP contribution in [0.4, 0.5) is 4.39 Å². The molecule has 3 saturated carbocycles. The third-order valence-corrected chi connectivity index (χ3v) is 4.31. The molecule has 1 nitrogen and oxygen atoms in total. The second kappa shape index (κ2) is 2.74. The highest BCUT2D eigenvalue weighted by atomic mass is 35.5. The largest absolute Gasteiger partial charge is 0.396 e. The number of halogens is 2. The molecule has 3 aliphatic rings. The van der Waals surface area contributed by atoms with E-state index in [1.54, 1.807) is 12.1 Å². The lowest BCUT2D eigenvalue weighted by molar-refractivity contribution is -0.168. The van der Waals surface area contributed by atoms with Crippen molar-refractivity contribution >= 4 is 11.6 Å². The minimum absolute atomic E-state index is 0.147. The second-order valence-corrected chi connectivity index (χ2v) is 5.50. The topological polar surface area (TPSA) is 20.2 Å². The van der Waals surface area contributed by atoms with Gasteiger partial charge < -0.3 is 5.11 Å². The van der Waals surface area contributed by atoms with Gasteiger partial charge in [-0.2, -0.15) is 0 Å². The standard InChI is InChI=1S/C12H12ClFO/c13-9-2-1-8(3-10(9)14)12-4-11(5-12,6-12)7-15/h1-3,15H,4-7H2. The van der Waals surface area contributed by atoms with E-state index >= 15 is 0 Å². The highest BCUT2D eigenvalue weighted by molar-refractivity contribution is 6.30. The SMILES string of the molecule is OCC12CC(c3ccc(Cl)c(F)c3)(C1)C2. The zero-order chi connectivity index (χ0) is 10.7. The lowest BCUT2D eigenvalue weighted by atomic mass is 9.34. The summed E-state index contributed by atoms with van der Waals surface area (Å²) in [6, 6.07) is 5.08. The highest BCUT2D eigenvalue weighted by Gasteiger charge is 2.67. The summed E-state index contributed by atoms with van der Waals surface area (Å²) in [7, 11) is 0. The summed E-state index contributed by atoms with van der Waals surface area (Å²) < 4.78 is 13.3. The zero-order valence-electron chi connectivity index (χ0n) is 8.26. The molecule has 80 valence electrons. The maximum Gasteiger partial charge on any atom is 0.142 e. The lowest BCUT2D eigenvalue weighted by Crippen LogP contribution is -2.66. The molecule has 0 aliphatic heterocycles. The molecule has 4 rings (SSSR count). The number of hydrogen-bond donors (Lipinski definition) is 1. The van der Waals surface area contributed by atoms with Gasteiger partial charge in [0, 0.05) is 6.61 Å². The summed E-state index contributed by atoms with van der Waals surface area (Å²) >= 11 is 5.64. The van der Waals surface area contributed by atoms with Gasteiger partial charge in [0.25, 0.3) is 0 Å². The van der Waals surface area contributed by atoms with Gasteiger partial charge in [0.15, 0.2) is 0 Å². The maximum absolute atomic E-state index is 13.3. The first-order valence-electron chi connectivity index (χ1n) is 5.16. The molecule has 3 heteroatoms. The summed E-state index contributed by atoms with van der Waals surface area (Å²) in [5.41, 5.74) is 1.35. The van der Waals surface area contributed by atoms with Gasteiger partial charge in [-0.1, -0.05) is 17.7 Å². The second-order valence-electron chi connectivity index (χ2n) is 5.10. The van der Waals surface area contributed by atoms with E-state index in [2.05, 4.69) is 0 Å². The van der Waals surface area contributed by atoms with Crippen molar-refractivity contribution in [1.29, 1.82) is 0 Å². The van der Waals surface area contributed by atoms with Crippen LogP contribution >= 0.6 is 11.6 Å². The van der Waals surface area contributed by atoms with Crippen molar-refractivity contribution < 1.29 is 9.50 Å². The van der Waals surface area contributed by atoms with Crippen LogP contribution in [0.25, 0.3) is 0 Å². The Labute approximate surface area is 92.9 Å². The lowest BCUT2D eigenvalue weighted by Gasteiger charge is -2.70. The van der Waals surface area contributed by atoms with Gasteiger partial charge >= 0.3 is 0 Å². The van der Waals surface area contributed by atoms with Crippen molar-refractivity contribution in [2.24, 2.45) is 5.41 Å². The van der Waals surface area contributed by atoms with Crippen molar-refractivity contribution in [2.75, 3.05) is 6.61 Å². The zero-order valence-corrected chi connectivity index (χ0v) is 9.02. The van der Waals surface area contributed by atoms with Crippen molar-refractivity contribution in [3.63, 3.8) is 0 Å². The Morgan fingerprint density at radius 1 is 1.33 bits per heavy atom. The molecule has 15 heavy (non-hydrogen) atoms. The normalized spacial score (nSPS) is 37.0. The van der Waals surface area contributed by atoms with E-state index < -0.39 is 0 Å². The Balaban J connectivity index is 1.88. The predicted molar refractivity (Wildman–Crippen MR) is 56.5 cm³/mol. The van der Waals surface area contributed by atoms with Gasteiger partial charge in [-0.3, -0.25) is 0 Å². The molecule has 0 spiro atoms. The van der Waals surface area contributed by atoms with Crippen LogP contribution in [0, 0.1) is 11.2 Å². The summed E-state index contributed by atoms with van der Waals surface area (Å²) in [4.78, 5) is 0. The van der Waals surface area contributed by atoms with E-state index in [0.29, 0.717) is 0 Å². The molecule has 0 amide bonds. The molecular weight excluding hydrogens is 215 g/mol.